The van der Waals surface area contributed by atoms with Gasteiger partial charge in [0.2, 0.25) is 11.8 Å². The molecule has 0 aliphatic rings. The molecule has 3 aromatic rings. The maximum absolute atomic E-state index is 13.7. The predicted octanol–water partition coefficient (Wildman–Crippen LogP) is 3.30. The zero-order valence-electron chi connectivity index (χ0n) is 11.8. The van der Waals surface area contributed by atoms with Crippen LogP contribution in [0, 0.1) is 11.6 Å². The molecule has 0 atom stereocenters. The number of anilines is 2. The van der Waals surface area contributed by atoms with Crippen molar-refractivity contribution < 1.29 is 18.3 Å². The van der Waals surface area contributed by atoms with Crippen LogP contribution in [-0.2, 0) is 4.79 Å². The van der Waals surface area contributed by atoms with E-state index in [0.29, 0.717) is 21.5 Å². The zero-order chi connectivity index (χ0) is 16.6. The van der Waals surface area contributed by atoms with Crippen LogP contribution in [0.1, 0.15) is 6.92 Å². The zero-order valence-corrected chi connectivity index (χ0v) is 12.6. The van der Waals surface area contributed by atoms with Gasteiger partial charge < -0.3 is 15.8 Å². The van der Waals surface area contributed by atoms with Crippen LogP contribution in [0.5, 0.6) is 11.6 Å². The molecule has 2 heterocycles. The highest BCUT2D eigenvalue weighted by Crippen LogP contribution is 2.30. The molecule has 3 N–H and O–H groups in total. The lowest BCUT2D eigenvalue weighted by atomic mass is 10.3. The summed E-state index contributed by atoms with van der Waals surface area (Å²) in [6.45, 7) is 1.37. The molecule has 9 heteroatoms. The number of ether oxygens (including phenoxy) is 1. The first-order valence-electron chi connectivity index (χ1n) is 6.40. The molecule has 3 rings (SSSR count). The fraction of sp³-hybridized carbons (Fsp3) is 0.0714. The number of aromatic nitrogens is 2. The van der Waals surface area contributed by atoms with E-state index in [0.717, 1.165) is 17.4 Å². The molecule has 0 fully saturated rings. The molecular weight excluding hydrogens is 326 g/mol. The van der Waals surface area contributed by atoms with Gasteiger partial charge in [0.1, 0.15) is 16.2 Å². The number of hydrogen-bond acceptors (Lipinski definition) is 6. The van der Waals surface area contributed by atoms with Gasteiger partial charge in [-0.1, -0.05) is 11.3 Å². The standard InChI is InChI=1S/C14H10F2N4O2S/c1-6(21)18-14-19-10-2-3-12(20-13(10)23-14)22-11-5-9(17)7(15)4-8(11)16/h2-5H,17H2,1H3,(H,18,19,21). The summed E-state index contributed by atoms with van der Waals surface area (Å²) in [4.78, 5) is 19.9. The number of nitrogen functional groups attached to an aromatic ring is 1. The van der Waals surface area contributed by atoms with E-state index in [9.17, 15) is 13.6 Å². The highest BCUT2D eigenvalue weighted by Gasteiger charge is 2.12. The molecule has 23 heavy (non-hydrogen) atoms. The number of pyridine rings is 1. The summed E-state index contributed by atoms with van der Waals surface area (Å²) in [5, 5.41) is 2.95. The van der Waals surface area contributed by atoms with E-state index in [4.69, 9.17) is 10.5 Å². The third-order valence-corrected chi connectivity index (χ3v) is 3.66. The SMILES string of the molecule is CC(=O)Nc1nc2ccc(Oc3cc(N)c(F)cc3F)nc2s1. The Morgan fingerprint density at radius 3 is 2.78 bits per heavy atom. The average Bonchev–Trinajstić information content (AvgIpc) is 2.85. The fourth-order valence-corrected chi connectivity index (χ4v) is 2.67. The smallest absolute Gasteiger partial charge is 0.223 e. The van der Waals surface area contributed by atoms with Crippen LogP contribution in [0.3, 0.4) is 0 Å². The first-order valence-corrected chi connectivity index (χ1v) is 7.21. The van der Waals surface area contributed by atoms with Gasteiger partial charge in [-0.3, -0.25) is 4.79 Å². The normalized spacial score (nSPS) is 10.7. The first kappa shape index (κ1) is 15.1. The van der Waals surface area contributed by atoms with Crippen molar-refractivity contribution in [3.63, 3.8) is 0 Å². The first-order chi connectivity index (χ1) is 10.9. The second kappa shape index (κ2) is 5.76. The lowest BCUT2D eigenvalue weighted by Gasteiger charge is -2.07. The van der Waals surface area contributed by atoms with Crippen molar-refractivity contribution >= 4 is 38.4 Å². The third-order valence-electron chi connectivity index (χ3n) is 2.78. The van der Waals surface area contributed by atoms with Gasteiger partial charge >= 0.3 is 0 Å². The van der Waals surface area contributed by atoms with Crippen LogP contribution in [0.25, 0.3) is 10.3 Å². The van der Waals surface area contributed by atoms with Crippen molar-refractivity contribution in [1.29, 1.82) is 0 Å². The Hall–Kier alpha value is -2.81. The predicted molar refractivity (Wildman–Crippen MR) is 82.6 cm³/mol. The number of thiazole rings is 1. The van der Waals surface area contributed by atoms with Gasteiger partial charge in [-0.25, -0.2) is 18.7 Å². The molecule has 1 aromatic carbocycles. The number of hydrogen-bond donors (Lipinski definition) is 2. The van der Waals surface area contributed by atoms with E-state index in [2.05, 4.69) is 15.3 Å². The van der Waals surface area contributed by atoms with Gasteiger partial charge in [-0.05, 0) is 6.07 Å². The summed E-state index contributed by atoms with van der Waals surface area (Å²) in [5.74, 6) is -2.13. The molecule has 0 bridgehead atoms. The Morgan fingerprint density at radius 1 is 1.26 bits per heavy atom. The van der Waals surface area contributed by atoms with Crippen LogP contribution in [0.15, 0.2) is 24.3 Å². The summed E-state index contributed by atoms with van der Waals surface area (Å²) in [6, 6.07) is 4.79. The summed E-state index contributed by atoms with van der Waals surface area (Å²) < 4.78 is 32.1. The van der Waals surface area contributed by atoms with Crippen molar-refractivity contribution in [1.82, 2.24) is 9.97 Å². The molecule has 0 aliphatic carbocycles. The summed E-state index contributed by atoms with van der Waals surface area (Å²) in [7, 11) is 0. The van der Waals surface area contributed by atoms with Crippen molar-refractivity contribution in [3.05, 3.63) is 35.9 Å². The fourth-order valence-electron chi connectivity index (χ4n) is 1.80. The van der Waals surface area contributed by atoms with E-state index in [-0.39, 0.29) is 23.2 Å². The summed E-state index contributed by atoms with van der Waals surface area (Å²) >= 11 is 1.15. The maximum atomic E-state index is 13.7. The van der Waals surface area contributed by atoms with Crippen molar-refractivity contribution in [3.8, 4) is 11.6 Å². The Balaban J connectivity index is 1.91. The van der Waals surface area contributed by atoms with Gasteiger partial charge in [0.15, 0.2) is 16.7 Å². The van der Waals surface area contributed by atoms with Gasteiger partial charge in [-0.15, -0.1) is 0 Å². The molecular formula is C14H10F2N4O2S. The quantitative estimate of drug-likeness (QED) is 0.716. The van der Waals surface area contributed by atoms with Gasteiger partial charge in [0.05, 0.1) is 5.69 Å². The molecule has 2 aromatic heterocycles. The Bertz CT molecular complexity index is 913. The monoisotopic (exact) mass is 336 g/mol. The average molecular weight is 336 g/mol. The summed E-state index contributed by atoms with van der Waals surface area (Å²) in [5.41, 5.74) is 5.73. The third kappa shape index (κ3) is 3.19. The number of benzene rings is 1. The van der Waals surface area contributed by atoms with Crippen LogP contribution in [0.2, 0.25) is 0 Å². The second-order valence-corrected chi connectivity index (χ2v) is 5.56. The molecule has 0 saturated heterocycles. The Labute approximate surface area is 132 Å². The minimum atomic E-state index is -0.887. The number of nitrogens with two attached hydrogens (primary N) is 1. The molecule has 0 spiro atoms. The molecule has 0 saturated carbocycles. The van der Waals surface area contributed by atoms with Gasteiger partial charge in [0, 0.05) is 25.1 Å². The highest BCUT2D eigenvalue weighted by molar-refractivity contribution is 7.21. The van der Waals surface area contributed by atoms with Crippen LogP contribution >= 0.6 is 11.3 Å². The van der Waals surface area contributed by atoms with E-state index in [1.165, 1.54) is 13.0 Å². The van der Waals surface area contributed by atoms with Gasteiger partial charge in [0.25, 0.3) is 0 Å². The molecule has 0 radical (unpaired) electrons. The highest BCUT2D eigenvalue weighted by atomic mass is 32.1. The number of carbonyl (C=O) groups is 1. The largest absolute Gasteiger partial charge is 0.436 e. The number of nitrogens with one attached hydrogen (secondary N) is 1. The number of nitrogens with zero attached hydrogens (tertiary/aromatic N) is 2. The van der Waals surface area contributed by atoms with Crippen molar-refractivity contribution in [2.45, 2.75) is 6.92 Å². The van der Waals surface area contributed by atoms with E-state index in [1.807, 2.05) is 0 Å². The Kier molecular flexibility index (Phi) is 3.78. The molecule has 0 aliphatic heterocycles. The lowest BCUT2D eigenvalue weighted by molar-refractivity contribution is -0.114. The lowest BCUT2D eigenvalue weighted by Crippen LogP contribution is -2.04. The maximum Gasteiger partial charge on any atom is 0.223 e. The molecule has 118 valence electrons. The number of carbonyl (C=O) groups excluding carboxylic acids is 1. The van der Waals surface area contributed by atoms with E-state index >= 15 is 0 Å². The number of halogens is 2. The minimum Gasteiger partial charge on any atom is -0.436 e. The minimum absolute atomic E-state index is 0.0976. The van der Waals surface area contributed by atoms with Gasteiger partial charge in [-0.2, -0.15) is 0 Å². The van der Waals surface area contributed by atoms with E-state index in [1.54, 1.807) is 6.07 Å². The van der Waals surface area contributed by atoms with Crippen LogP contribution in [0.4, 0.5) is 19.6 Å². The molecule has 6 nitrogen and oxygen atoms in total. The van der Waals surface area contributed by atoms with Crippen LogP contribution in [-0.4, -0.2) is 15.9 Å². The number of amides is 1. The number of rotatable bonds is 3. The topological polar surface area (TPSA) is 90.1 Å². The van der Waals surface area contributed by atoms with Crippen molar-refractivity contribution in [2.24, 2.45) is 0 Å². The summed E-state index contributed by atoms with van der Waals surface area (Å²) in [6.07, 6.45) is 0. The number of fused-ring (bicyclic) bond motifs is 1. The molecule has 1 amide bonds. The van der Waals surface area contributed by atoms with E-state index < -0.39 is 11.6 Å². The van der Waals surface area contributed by atoms with Crippen LogP contribution < -0.4 is 15.8 Å². The molecule has 0 unspecified atom stereocenters. The van der Waals surface area contributed by atoms with Crippen molar-refractivity contribution in [2.75, 3.05) is 11.1 Å². The second-order valence-electron chi connectivity index (χ2n) is 4.58. The Morgan fingerprint density at radius 2 is 2.04 bits per heavy atom.